The minimum Gasteiger partial charge on any atom is -0.369 e. The van der Waals surface area contributed by atoms with E-state index in [4.69, 9.17) is 10.7 Å². The Bertz CT molecular complexity index is 1150. The van der Waals surface area contributed by atoms with Crippen LogP contribution in [0.2, 0.25) is 0 Å². The Morgan fingerprint density at radius 1 is 1.19 bits per heavy atom. The fraction of sp³-hybridized carbons (Fsp3) is 0.240. The van der Waals surface area contributed by atoms with E-state index in [2.05, 4.69) is 11.4 Å². The monoisotopic (exact) mass is 414 g/mol. The number of nitriles is 1. The molecular formula is C25H23FN4O. The Hall–Kier alpha value is -3.72. The van der Waals surface area contributed by atoms with Crippen LogP contribution in [0, 0.1) is 23.1 Å². The smallest absolute Gasteiger partial charge is 0.225 e. The van der Waals surface area contributed by atoms with E-state index < -0.39 is 5.92 Å². The van der Waals surface area contributed by atoms with Gasteiger partial charge in [-0.05, 0) is 55.0 Å². The van der Waals surface area contributed by atoms with E-state index in [1.165, 1.54) is 12.1 Å². The second kappa shape index (κ2) is 8.97. The molecule has 0 bridgehead atoms. The van der Waals surface area contributed by atoms with Crippen LogP contribution >= 0.6 is 0 Å². The van der Waals surface area contributed by atoms with Crippen molar-refractivity contribution in [3.8, 4) is 17.3 Å². The van der Waals surface area contributed by atoms with Crippen LogP contribution in [0.25, 0.3) is 11.3 Å². The second-order valence-electron chi connectivity index (χ2n) is 7.82. The van der Waals surface area contributed by atoms with Crippen molar-refractivity contribution in [1.29, 1.82) is 5.26 Å². The molecule has 1 amide bonds. The largest absolute Gasteiger partial charge is 0.369 e. The molecule has 6 heteroatoms. The summed E-state index contributed by atoms with van der Waals surface area (Å²) in [6.07, 6.45) is 2.53. The van der Waals surface area contributed by atoms with Gasteiger partial charge in [-0.25, -0.2) is 9.37 Å². The quantitative estimate of drug-likeness (QED) is 0.572. The van der Waals surface area contributed by atoms with Gasteiger partial charge in [0.05, 0.1) is 23.2 Å². The SMILES string of the molecule is N#Cc1ccccc1-c1ccc(C(C(N)=O)C2CC2)c(NCCc2cccc(F)c2)n1. The maximum absolute atomic E-state index is 13.5. The van der Waals surface area contributed by atoms with Crippen LogP contribution in [0.4, 0.5) is 10.2 Å². The van der Waals surface area contributed by atoms with Crippen LogP contribution < -0.4 is 11.1 Å². The number of carbonyl (C=O) groups is 1. The molecular weight excluding hydrogens is 391 g/mol. The summed E-state index contributed by atoms with van der Waals surface area (Å²) in [6, 6.07) is 19.7. The lowest BCUT2D eigenvalue weighted by atomic mass is 9.93. The van der Waals surface area contributed by atoms with Crippen LogP contribution in [0.5, 0.6) is 0 Å². The predicted octanol–water partition coefficient (Wildman–Crippen LogP) is 4.39. The van der Waals surface area contributed by atoms with Crippen LogP contribution in [-0.2, 0) is 11.2 Å². The average Bonchev–Trinajstić information content (AvgIpc) is 3.59. The lowest BCUT2D eigenvalue weighted by Crippen LogP contribution is -2.24. The summed E-state index contributed by atoms with van der Waals surface area (Å²) in [5.74, 6) is -0.210. The van der Waals surface area contributed by atoms with E-state index in [-0.39, 0.29) is 17.6 Å². The number of nitrogens with one attached hydrogen (secondary N) is 1. The van der Waals surface area contributed by atoms with Gasteiger partial charge in [0.25, 0.3) is 0 Å². The maximum atomic E-state index is 13.5. The Morgan fingerprint density at radius 2 is 2.00 bits per heavy atom. The summed E-state index contributed by atoms with van der Waals surface area (Å²) in [5, 5.41) is 12.8. The third-order valence-electron chi connectivity index (χ3n) is 5.58. The van der Waals surface area contributed by atoms with Crippen LogP contribution in [0.1, 0.15) is 35.4 Å². The van der Waals surface area contributed by atoms with Gasteiger partial charge in [-0.2, -0.15) is 5.26 Å². The van der Waals surface area contributed by atoms with Gasteiger partial charge in [-0.1, -0.05) is 36.4 Å². The number of carbonyl (C=O) groups excluding carboxylic acids is 1. The summed E-state index contributed by atoms with van der Waals surface area (Å²) < 4.78 is 13.5. The number of primary amides is 1. The molecule has 3 N–H and O–H groups in total. The van der Waals surface area contributed by atoms with Crippen LogP contribution in [0.3, 0.4) is 0 Å². The molecule has 1 aliphatic rings. The lowest BCUT2D eigenvalue weighted by molar-refractivity contribution is -0.119. The third-order valence-corrected chi connectivity index (χ3v) is 5.58. The predicted molar refractivity (Wildman–Crippen MR) is 118 cm³/mol. The highest BCUT2D eigenvalue weighted by Crippen LogP contribution is 2.44. The number of hydrogen-bond acceptors (Lipinski definition) is 4. The van der Waals surface area contributed by atoms with Crippen molar-refractivity contribution in [2.24, 2.45) is 11.7 Å². The Balaban J connectivity index is 1.66. The van der Waals surface area contributed by atoms with Crippen molar-refractivity contribution in [1.82, 2.24) is 4.98 Å². The first-order valence-corrected chi connectivity index (χ1v) is 10.3. The van der Waals surface area contributed by atoms with E-state index in [1.54, 1.807) is 12.1 Å². The fourth-order valence-corrected chi connectivity index (χ4v) is 3.90. The zero-order chi connectivity index (χ0) is 21.8. The number of nitrogens with two attached hydrogens (primary N) is 1. The van der Waals surface area contributed by atoms with Gasteiger partial charge in [0.1, 0.15) is 11.6 Å². The molecule has 1 atom stereocenters. The number of anilines is 1. The van der Waals surface area contributed by atoms with E-state index >= 15 is 0 Å². The molecule has 156 valence electrons. The molecule has 0 spiro atoms. The molecule has 1 fully saturated rings. The molecule has 0 aliphatic heterocycles. The topological polar surface area (TPSA) is 91.8 Å². The lowest BCUT2D eigenvalue weighted by Gasteiger charge is -2.19. The highest BCUT2D eigenvalue weighted by molar-refractivity contribution is 5.85. The molecule has 1 aliphatic carbocycles. The van der Waals surface area contributed by atoms with Gasteiger partial charge >= 0.3 is 0 Å². The third kappa shape index (κ3) is 4.72. The molecule has 1 unspecified atom stereocenters. The molecule has 1 aromatic heterocycles. The minimum atomic E-state index is -0.399. The number of pyridine rings is 1. The number of hydrogen-bond donors (Lipinski definition) is 2. The molecule has 4 rings (SSSR count). The van der Waals surface area contributed by atoms with Gasteiger partial charge in [0.2, 0.25) is 5.91 Å². The first-order chi connectivity index (χ1) is 15.1. The molecule has 2 aromatic carbocycles. The molecule has 1 saturated carbocycles. The van der Waals surface area contributed by atoms with E-state index in [9.17, 15) is 14.4 Å². The van der Waals surface area contributed by atoms with Crippen molar-refractivity contribution in [2.45, 2.75) is 25.2 Å². The van der Waals surface area contributed by atoms with Crippen molar-refractivity contribution >= 4 is 11.7 Å². The summed E-state index contributed by atoms with van der Waals surface area (Å²) in [4.78, 5) is 17.0. The number of benzene rings is 2. The summed E-state index contributed by atoms with van der Waals surface area (Å²) in [6.45, 7) is 0.517. The number of aromatic nitrogens is 1. The number of rotatable bonds is 8. The van der Waals surface area contributed by atoms with Crippen LogP contribution in [-0.4, -0.2) is 17.4 Å². The normalized spacial score (nSPS) is 13.9. The minimum absolute atomic E-state index is 0.236. The van der Waals surface area contributed by atoms with Gasteiger partial charge in [0, 0.05) is 17.7 Å². The fourth-order valence-electron chi connectivity index (χ4n) is 3.90. The average molecular weight is 414 g/mol. The standard InChI is InChI=1S/C25H23FN4O/c26-19-6-3-4-16(14-19)12-13-29-25-21(23(24(28)31)17-8-9-17)10-11-22(30-25)20-7-2-1-5-18(20)15-27/h1-7,10-11,14,17,23H,8-9,12-13H2,(H2,28,31)(H,29,30). The Kier molecular flexibility index (Phi) is 5.94. The summed E-state index contributed by atoms with van der Waals surface area (Å²) in [5.41, 5.74) is 9.28. The number of nitrogens with zero attached hydrogens (tertiary/aromatic N) is 2. The molecule has 3 aromatic rings. The van der Waals surface area contributed by atoms with Gasteiger partial charge < -0.3 is 11.1 Å². The zero-order valence-electron chi connectivity index (χ0n) is 17.0. The van der Waals surface area contributed by atoms with Crippen molar-refractivity contribution < 1.29 is 9.18 Å². The van der Waals surface area contributed by atoms with E-state index in [1.807, 2.05) is 36.4 Å². The molecule has 0 saturated heterocycles. The summed E-state index contributed by atoms with van der Waals surface area (Å²) in [7, 11) is 0. The van der Waals surface area contributed by atoms with Gasteiger partial charge in [0.15, 0.2) is 0 Å². The summed E-state index contributed by atoms with van der Waals surface area (Å²) >= 11 is 0. The van der Waals surface area contributed by atoms with E-state index in [0.29, 0.717) is 30.0 Å². The van der Waals surface area contributed by atoms with Gasteiger partial charge in [-0.15, -0.1) is 0 Å². The van der Waals surface area contributed by atoms with Crippen molar-refractivity contribution in [2.75, 3.05) is 11.9 Å². The zero-order valence-corrected chi connectivity index (χ0v) is 17.0. The first kappa shape index (κ1) is 20.5. The van der Waals surface area contributed by atoms with Crippen molar-refractivity contribution in [3.63, 3.8) is 0 Å². The van der Waals surface area contributed by atoms with E-state index in [0.717, 1.165) is 29.5 Å². The number of amides is 1. The Morgan fingerprint density at radius 3 is 2.71 bits per heavy atom. The second-order valence-corrected chi connectivity index (χ2v) is 7.82. The van der Waals surface area contributed by atoms with Crippen LogP contribution in [0.15, 0.2) is 60.7 Å². The molecule has 31 heavy (non-hydrogen) atoms. The number of halogens is 1. The maximum Gasteiger partial charge on any atom is 0.225 e. The molecule has 5 nitrogen and oxygen atoms in total. The van der Waals surface area contributed by atoms with Crippen molar-refractivity contribution in [3.05, 3.63) is 83.2 Å². The highest BCUT2D eigenvalue weighted by atomic mass is 19.1. The molecule has 1 heterocycles. The highest BCUT2D eigenvalue weighted by Gasteiger charge is 2.37. The van der Waals surface area contributed by atoms with Gasteiger partial charge in [-0.3, -0.25) is 4.79 Å². The molecule has 0 radical (unpaired) electrons. The Labute approximate surface area is 180 Å². The first-order valence-electron chi connectivity index (χ1n) is 10.3.